The Kier molecular flexibility index (Phi) is 2.02. The van der Waals surface area contributed by atoms with E-state index < -0.39 is 0 Å². The fraction of sp³-hybridized carbons (Fsp3) is 0.667. The summed E-state index contributed by atoms with van der Waals surface area (Å²) in [5.74, 6) is 1.58. The summed E-state index contributed by atoms with van der Waals surface area (Å²) in [6.07, 6.45) is 0.913. The zero-order chi connectivity index (χ0) is 9.47. The molecule has 0 aromatic heterocycles. The molecule has 0 aliphatic carbocycles. The van der Waals surface area contributed by atoms with Crippen molar-refractivity contribution in [2.24, 2.45) is 10.7 Å². The van der Waals surface area contributed by atoms with Crippen LogP contribution in [0.25, 0.3) is 0 Å². The molecule has 4 heteroatoms. The molecule has 2 rings (SSSR count). The van der Waals surface area contributed by atoms with Crippen LogP contribution in [0.5, 0.6) is 0 Å². The Morgan fingerprint density at radius 1 is 1.69 bits per heavy atom. The fourth-order valence-electron chi connectivity index (χ4n) is 1.62. The fourth-order valence-corrected chi connectivity index (χ4v) is 2.61. The smallest absolute Gasteiger partial charge is 0.201 e. The lowest BCUT2D eigenvalue weighted by molar-refractivity contribution is 0.0870. The van der Waals surface area contributed by atoms with Crippen molar-refractivity contribution in [3.63, 3.8) is 0 Å². The first-order chi connectivity index (χ1) is 6.17. The molecule has 3 nitrogen and oxygen atoms in total. The summed E-state index contributed by atoms with van der Waals surface area (Å²) in [5.41, 5.74) is 6.58. The van der Waals surface area contributed by atoms with Gasteiger partial charge in [0.15, 0.2) is 5.60 Å². The van der Waals surface area contributed by atoms with Gasteiger partial charge in [0, 0.05) is 12.3 Å². The van der Waals surface area contributed by atoms with Crippen molar-refractivity contribution in [1.82, 2.24) is 0 Å². The van der Waals surface area contributed by atoms with Gasteiger partial charge in [-0.1, -0.05) is 6.92 Å². The van der Waals surface area contributed by atoms with Crippen LogP contribution in [0.15, 0.2) is 15.8 Å². The maximum Gasteiger partial charge on any atom is 0.201 e. The third-order valence-corrected chi connectivity index (χ3v) is 3.63. The first-order valence-corrected chi connectivity index (χ1v) is 5.53. The van der Waals surface area contributed by atoms with Gasteiger partial charge in [-0.25, -0.2) is 0 Å². The number of nitrogens with zero attached hydrogens (tertiary/aromatic N) is 1. The van der Waals surface area contributed by atoms with Crippen molar-refractivity contribution in [3.8, 4) is 0 Å². The van der Waals surface area contributed by atoms with Crippen LogP contribution in [0, 0.1) is 0 Å². The lowest BCUT2D eigenvalue weighted by Crippen LogP contribution is -2.34. The van der Waals surface area contributed by atoms with E-state index in [1.165, 1.54) is 0 Å². The van der Waals surface area contributed by atoms with Crippen molar-refractivity contribution < 1.29 is 4.74 Å². The molecule has 2 heterocycles. The molecule has 0 bridgehead atoms. The van der Waals surface area contributed by atoms with E-state index in [-0.39, 0.29) is 5.60 Å². The maximum atomic E-state index is 5.80. The van der Waals surface area contributed by atoms with Crippen molar-refractivity contribution in [2.75, 3.05) is 12.3 Å². The normalized spacial score (nSPS) is 32.6. The van der Waals surface area contributed by atoms with Crippen LogP contribution in [0.1, 0.15) is 20.3 Å². The molecule has 1 unspecified atom stereocenters. The minimum absolute atomic E-state index is 0.271. The molecule has 72 valence electrons. The largest absolute Gasteiger partial charge is 0.466 e. The van der Waals surface area contributed by atoms with Gasteiger partial charge >= 0.3 is 0 Å². The van der Waals surface area contributed by atoms with Gasteiger partial charge in [0.2, 0.25) is 5.88 Å². The lowest BCUT2D eigenvalue weighted by Gasteiger charge is -2.24. The molecule has 0 aromatic carbocycles. The molecule has 0 saturated heterocycles. The van der Waals surface area contributed by atoms with E-state index in [4.69, 9.17) is 10.5 Å². The number of aliphatic imine (C=N–C) groups is 1. The highest BCUT2D eigenvalue weighted by molar-refractivity contribution is 8.04. The molecule has 1 atom stereocenters. The van der Waals surface area contributed by atoms with Crippen LogP contribution in [-0.2, 0) is 4.74 Å². The molecule has 0 spiro atoms. The van der Waals surface area contributed by atoms with E-state index in [9.17, 15) is 0 Å². The quantitative estimate of drug-likeness (QED) is 0.694. The van der Waals surface area contributed by atoms with Gasteiger partial charge in [0.25, 0.3) is 0 Å². The average Bonchev–Trinajstić information content (AvgIpc) is 2.42. The van der Waals surface area contributed by atoms with E-state index in [2.05, 4.69) is 18.8 Å². The van der Waals surface area contributed by atoms with E-state index in [0.29, 0.717) is 5.88 Å². The molecule has 2 aliphatic heterocycles. The SMILES string of the molecule is CCC1(C)OC(N)=C2SCCN=C21. The lowest BCUT2D eigenvalue weighted by atomic mass is 9.98. The van der Waals surface area contributed by atoms with Crippen LogP contribution in [0.3, 0.4) is 0 Å². The summed E-state index contributed by atoms with van der Waals surface area (Å²) in [6, 6.07) is 0. The molecular weight excluding hydrogens is 184 g/mol. The summed E-state index contributed by atoms with van der Waals surface area (Å²) >= 11 is 1.76. The number of thioether (sulfide) groups is 1. The first-order valence-electron chi connectivity index (χ1n) is 4.54. The van der Waals surface area contributed by atoms with Gasteiger partial charge in [-0.3, -0.25) is 4.99 Å². The van der Waals surface area contributed by atoms with Gasteiger partial charge in [0.05, 0.1) is 10.6 Å². The summed E-state index contributed by atoms with van der Waals surface area (Å²) in [4.78, 5) is 5.56. The van der Waals surface area contributed by atoms with Gasteiger partial charge in [-0.2, -0.15) is 0 Å². The molecule has 2 aliphatic rings. The Morgan fingerprint density at radius 3 is 3.15 bits per heavy atom. The summed E-state index contributed by atoms with van der Waals surface area (Å²) in [6.45, 7) is 5.03. The molecule has 0 radical (unpaired) electrons. The number of hydrogen-bond acceptors (Lipinski definition) is 4. The summed E-state index contributed by atoms with van der Waals surface area (Å²) in [7, 11) is 0. The van der Waals surface area contributed by atoms with Crippen LogP contribution >= 0.6 is 11.8 Å². The number of ether oxygens (including phenoxy) is 1. The third kappa shape index (κ3) is 1.24. The molecule has 0 fully saturated rings. The Hall–Kier alpha value is -0.640. The minimum Gasteiger partial charge on any atom is -0.466 e. The second-order valence-electron chi connectivity index (χ2n) is 3.46. The topological polar surface area (TPSA) is 47.6 Å². The molecular formula is C9H14N2OS. The predicted molar refractivity (Wildman–Crippen MR) is 55.8 cm³/mol. The summed E-state index contributed by atoms with van der Waals surface area (Å²) in [5, 5.41) is 0. The summed E-state index contributed by atoms with van der Waals surface area (Å²) < 4.78 is 5.65. The monoisotopic (exact) mass is 198 g/mol. The number of hydrogen-bond donors (Lipinski definition) is 1. The minimum atomic E-state index is -0.271. The first kappa shape index (κ1) is 8.94. The Balaban J connectivity index is 2.40. The van der Waals surface area contributed by atoms with Gasteiger partial charge < -0.3 is 10.5 Å². The second-order valence-corrected chi connectivity index (χ2v) is 4.56. The van der Waals surface area contributed by atoms with Gasteiger partial charge in [-0.15, -0.1) is 11.8 Å². The second kappa shape index (κ2) is 2.94. The van der Waals surface area contributed by atoms with E-state index in [0.717, 1.165) is 29.3 Å². The molecule has 2 N–H and O–H groups in total. The van der Waals surface area contributed by atoms with Crippen molar-refractivity contribution >= 4 is 17.5 Å². The predicted octanol–water partition coefficient (Wildman–Crippen LogP) is 1.50. The number of fused-ring (bicyclic) bond motifs is 1. The standard InChI is InChI=1S/C9H14N2OS/c1-3-9(2)7-6(8(10)12-9)13-5-4-11-7/h3-5,10H2,1-2H3. The van der Waals surface area contributed by atoms with Crippen molar-refractivity contribution in [1.29, 1.82) is 0 Å². The Bertz CT molecular complexity index is 298. The van der Waals surface area contributed by atoms with E-state index in [1.807, 2.05) is 0 Å². The van der Waals surface area contributed by atoms with Crippen LogP contribution in [0.2, 0.25) is 0 Å². The van der Waals surface area contributed by atoms with E-state index >= 15 is 0 Å². The molecule has 0 aromatic rings. The molecule has 0 saturated carbocycles. The third-order valence-electron chi connectivity index (χ3n) is 2.56. The maximum absolute atomic E-state index is 5.80. The Morgan fingerprint density at radius 2 is 2.46 bits per heavy atom. The number of rotatable bonds is 1. The highest BCUT2D eigenvalue weighted by Gasteiger charge is 2.42. The van der Waals surface area contributed by atoms with Crippen molar-refractivity contribution in [2.45, 2.75) is 25.9 Å². The average molecular weight is 198 g/mol. The highest BCUT2D eigenvalue weighted by Crippen LogP contribution is 2.39. The van der Waals surface area contributed by atoms with E-state index in [1.54, 1.807) is 11.8 Å². The van der Waals surface area contributed by atoms with Crippen LogP contribution in [0.4, 0.5) is 0 Å². The molecule has 13 heavy (non-hydrogen) atoms. The van der Waals surface area contributed by atoms with Crippen LogP contribution in [-0.4, -0.2) is 23.6 Å². The molecule has 0 amide bonds. The van der Waals surface area contributed by atoms with Gasteiger partial charge in [0.1, 0.15) is 0 Å². The number of nitrogens with two attached hydrogens (primary N) is 1. The zero-order valence-electron chi connectivity index (χ0n) is 7.96. The van der Waals surface area contributed by atoms with Gasteiger partial charge in [-0.05, 0) is 13.3 Å². The zero-order valence-corrected chi connectivity index (χ0v) is 8.78. The van der Waals surface area contributed by atoms with Crippen LogP contribution < -0.4 is 5.73 Å². The highest BCUT2D eigenvalue weighted by atomic mass is 32.2. The Labute approximate surface area is 82.4 Å². The van der Waals surface area contributed by atoms with Crippen molar-refractivity contribution in [3.05, 3.63) is 10.8 Å².